The van der Waals surface area contributed by atoms with Gasteiger partial charge in [0, 0.05) is 19.0 Å². The van der Waals surface area contributed by atoms with Crippen LogP contribution in [0.25, 0.3) is 0 Å². The number of nitrogens with zero attached hydrogens (tertiary/aromatic N) is 1. The van der Waals surface area contributed by atoms with Crippen LogP contribution in [0.2, 0.25) is 5.02 Å². The van der Waals surface area contributed by atoms with E-state index < -0.39 is 10.0 Å². The maximum absolute atomic E-state index is 13.2. The Labute approximate surface area is 184 Å². The monoisotopic (exact) mass is 448 g/mol. The van der Waals surface area contributed by atoms with Gasteiger partial charge >= 0.3 is 0 Å². The highest BCUT2D eigenvalue weighted by Crippen LogP contribution is 2.31. The number of carbonyl (C=O) groups is 1. The highest BCUT2D eigenvalue weighted by atomic mass is 35.5. The Morgan fingerprint density at radius 3 is 1.97 bits per heavy atom. The van der Waals surface area contributed by atoms with Gasteiger partial charge in [-0.25, -0.2) is 8.42 Å². The molecule has 0 spiro atoms. The van der Waals surface area contributed by atoms with Gasteiger partial charge in [-0.15, -0.1) is 0 Å². The van der Waals surface area contributed by atoms with Crippen LogP contribution in [0.15, 0.2) is 29.2 Å². The number of nitrogens with one attached hydrogen (secondary N) is 1. The second-order valence-corrected chi connectivity index (χ2v) is 10.6. The van der Waals surface area contributed by atoms with Crippen molar-refractivity contribution in [2.24, 2.45) is 5.92 Å². The first-order valence-electron chi connectivity index (χ1n) is 10.2. The SMILES string of the molecule is Cc1cc(C)c(S(=O)(=O)N2CCC(C(=O)Nc3c(C)cc(C)cc3Cl)CC2)c(C)c1. The summed E-state index contributed by atoms with van der Waals surface area (Å²) in [6.45, 7) is 10.2. The van der Waals surface area contributed by atoms with Gasteiger partial charge in [0.1, 0.15) is 0 Å². The van der Waals surface area contributed by atoms with Crippen LogP contribution >= 0.6 is 11.6 Å². The third-order valence-corrected chi connectivity index (χ3v) is 8.21. The van der Waals surface area contributed by atoms with Crippen molar-refractivity contribution >= 4 is 33.2 Å². The third kappa shape index (κ3) is 4.56. The summed E-state index contributed by atoms with van der Waals surface area (Å²) in [7, 11) is -3.59. The van der Waals surface area contributed by atoms with Gasteiger partial charge in [0.25, 0.3) is 0 Å². The number of halogens is 1. The maximum atomic E-state index is 13.2. The van der Waals surface area contributed by atoms with Crippen molar-refractivity contribution < 1.29 is 13.2 Å². The average molecular weight is 449 g/mol. The summed E-state index contributed by atoms with van der Waals surface area (Å²) in [4.78, 5) is 13.2. The number of anilines is 1. The minimum absolute atomic E-state index is 0.108. The lowest BCUT2D eigenvalue weighted by molar-refractivity contribution is -0.120. The van der Waals surface area contributed by atoms with Gasteiger partial charge in [-0.05, 0) is 75.8 Å². The van der Waals surface area contributed by atoms with E-state index in [9.17, 15) is 13.2 Å². The van der Waals surface area contributed by atoms with E-state index >= 15 is 0 Å². The standard InChI is InChI=1S/C23H29ClN2O3S/c1-14-11-17(4)22(18(5)12-14)30(28,29)26-8-6-19(7-9-26)23(27)25-21-16(3)10-15(2)13-20(21)24/h10-13,19H,6-9H2,1-5H3,(H,25,27). The van der Waals surface area contributed by atoms with Crippen molar-refractivity contribution in [1.82, 2.24) is 4.31 Å². The van der Waals surface area contributed by atoms with Crippen molar-refractivity contribution in [3.63, 3.8) is 0 Å². The molecule has 0 radical (unpaired) electrons. The predicted molar refractivity (Wildman–Crippen MR) is 122 cm³/mol. The molecule has 5 nitrogen and oxygen atoms in total. The smallest absolute Gasteiger partial charge is 0.243 e. The number of piperidine rings is 1. The topological polar surface area (TPSA) is 66.5 Å². The molecule has 30 heavy (non-hydrogen) atoms. The van der Waals surface area contributed by atoms with Gasteiger partial charge in [-0.2, -0.15) is 4.31 Å². The fourth-order valence-electron chi connectivity index (χ4n) is 4.36. The first kappa shape index (κ1) is 22.8. The lowest BCUT2D eigenvalue weighted by atomic mass is 9.97. The number of aryl methyl sites for hydroxylation is 5. The number of carbonyl (C=O) groups excluding carboxylic acids is 1. The molecule has 2 aromatic rings. The molecule has 162 valence electrons. The Morgan fingerprint density at radius 2 is 1.43 bits per heavy atom. The number of rotatable bonds is 4. The molecule has 1 heterocycles. The second-order valence-electron chi connectivity index (χ2n) is 8.33. The van der Waals surface area contributed by atoms with Crippen LogP contribution in [0.3, 0.4) is 0 Å². The van der Waals surface area contributed by atoms with Gasteiger partial charge in [0.2, 0.25) is 15.9 Å². The van der Waals surface area contributed by atoms with E-state index in [1.165, 1.54) is 4.31 Å². The van der Waals surface area contributed by atoms with Gasteiger partial charge in [-0.1, -0.05) is 35.4 Å². The summed E-state index contributed by atoms with van der Waals surface area (Å²) in [6, 6.07) is 7.59. The van der Waals surface area contributed by atoms with Crippen molar-refractivity contribution in [2.75, 3.05) is 18.4 Å². The highest BCUT2D eigenvalue weighted by Gasteiger charge is 2.34. The summed E-state index contributed by atoms with van der Waals surface area (Å²) in [6.07, 6.45) is 0.967. The van der Waals surface area contributed by atoms with Crippen LogP contribution < -0.4 is 5.32 Å². The number of benzene rings is 2. The largest absolute Gasteiger partial charge is 0.324 e. The van der Waals surface area contributed by atoms with Crippen LogP contribution in [0.4, 0.5) is 5.69 Å². The molecule has 1 aliphatic heterocycles. The Balaban J connectivity index is 1.71. The lowest BCUT2D eigenvalue weighted by Crippen LogP contribution is -2.41. The highest BCUT2D eigenvalue weighted by molar-refractivity contribution is 7.89. The first-order chi connectivity index (χ1) is 14.0. The van der Waals surface area contributed by atoms with Crippen molar-refractivity contribution in [3.05, 3.63) is 57.1 Å². The molecule has 2 aromatic carbocycles. The van der Waals surface area contributed by atoms with E-state index in [0.29, 0.717) is 41.5 Å². The van der Waals surface area contributed by atoms with Gasteiger partial charge in [0.15, 0.2) is 0 Å². The van der Waals surface area contributed by atoms with Crippen LogP contribution in [0.1, 0.15) is 40.7 Å². The predicted octanol–water partition coefficient (Wildman–Crippen LogP) is 4.92. The van der Waals surface area contributed by atoms with Crippen LogP contribution in [0.5, 0.6) is 0 Å². The number of amides is 1. The van der Waals surface area contributed by atoms with Crippen LogP contribution in [-0.2, 0) is 14.8 Å². The molecule has 0 aliphatic carbocycles. The van der Waals surface area contributed by atoms with Crippen molar-refractivity contribution in [3.8, 4) is 0 Å². The third-order valence-electron chi connectivity index (χ3n) is 5.71. The second kappa shape index (κ2) is 8.69. The van der Waals surface area contributed by atoms with Crippen LogP contribution in [-0.4, -0.2) is 31.7 Å². The summed E-state index contributed by atoms with van der Waals surface area (Å²) in [5.41, 5.74) is 5.15. The van der Waals surface area contributed by atoms with E-state index in [-0.39, 0.29) is 11.8 Å². The molecule has 0 atom stereocenters. The molecule has 0 aromatic heterocycles. The zero-order chi connectivity index (χ0) is 22.2. The molecule has 7 heteroatoms. The lowest BCUT2D eigenvalue weighted by Gasteiger charge is -2.31. The van der Waals surface area contributed by atoms with Crippen LogP contribution in [0, 0.1) is 40.5 Å². The molecule has 1 fully saturated rings. The molecular formula is C23H29ClN2O3S. The molecule has 1 N–H and O–H groups in total. The molecule has 1 amide bonds. The Morgan fingerprint density at radius 1 is 0.933 bits per heavy atom. The van der Waals surface area contributed by atoms with Crippen molar-refractivity contribution in [1.29, 1.82) is 0 Å². The molecule has 3 rings (SSSR count). The molecule has 0 bridgehead atoms. The molecule has 0 saturated carbocycles. The summed E-state index contributed by atoms with van der Waals surface area (Å²) in [5.74, 6) is -0.350. The first-order valence-corrected chi connectivity index (χ1v) is 12.0. The summed E-state index contributed by atoms with van der Waals surface area (Å²) < 4.78 is 28.0. The van der Waals surface area contributed by atoms with Gasteiger partial charge in [-0.3, -0.25) is 4.79 Å². The van der Waals surface area contributed by atoms with E-state index in [0.717, 1.165) is 27.8 Å². The van der Waals surface area contributed by atoms with Gasteiger partial charge in [0.05, 0.1) is 15.6 Å². The summed E-state index contributed by atoms with van der Waals surface area (Å²) in [5, 5.41) is 3.47. The minimum Gasteiger partial charge on any atom is -0.324 e. The Kier molecular flexibility index (Phi) is 6.60. The zero-order valence-corrected chi connectivity index (χ0v) is 19.7. The fourth-order valence-corrected chi connectivity index (χ4v) is 6.61. The molecule has 0 unspecified atom stereocenters. The van der Waals surface area contributed by atoms with E-state index in [1.807, 2.05) is 58.9 Å². The van der Waals surface area contributed by atoms with E-state index in [2.05, 4.69) is 5.32 Å². The number of hydrogen-bond donors (Lipinski definition) is 1. The normalized spacial score (nSPS) is 15.9. The number of hydrogen-bond acceptors (Lipinski definition) is 3. The minimum atomic E-state index is -3.59. The number of sulfonamides is 1. The summed E-state index contributed by atoms with van der Waals surface area (Å²) >= 11 is 6.31. The Hall–Kier alpha value is -1.89. The fraction of sp³-hybridized carbons (Fsp3) is 0.435. The van der Waals surface area contributed by atoms with Crippen molar-refractivity contribution in [2.45, 2.75) is 52.4 Å². The average Bonchev–Trinajstić information content (AvgIpc) is 2.63. The zero-order valence-electron chi connectivity index (χ0n) is 18.2. The molecule has 1 saturated heterocycles. The molecular weight excluding hydrogens is 420 g/mol. The molecule has 1 aliphatic rings. The van der Waals surface area contributed by atoms with E-state index in [1.54, 1.807) is 0 Å². The van der Waals surface area contributed by atoms with Gasteiger partial charge < -0.3 is 5.32 Å². The Bertz CT molecular complexity index is 1040. The van der Waals surface area contributed by atoms with E-state index in [4.69, 9.17) is 11.6 Å². The maximum Gasteiger partial charge on any atom is 0.243 e. The quantitative estimate of drug-likeness (QED) is 0.721.